The standard InChI is InChI=1S/C22H22S3Si2/c1-11-9-15-17(23-11)13-7-8-14-18(21(13)26(15,3)4)25-20-19-16(10-12(2)24-19)27(5,6)22(14)20/h7-10H,1-6H3. The van der Waals surface area contributed by atoms with Crippen LogP contribution in [0.2, 0.25) is 26.2 Å². The summed E-state index contributed by atoms with van der Waals surface area (Å²) in [5.74, 6) is 0. The van der Waals surface area contributed by atoms with E-state index >= 15 is 0 Å². The molecule has 3 aromatic heterocycles. The Morgan fingerprint density at radius 1 is 0.667 bits per heavy atom. The number of aryl methyl sites for hydroxylation is 2. The minimum absolute atomic E-state index is 1.47. The first kappa shape index (κ1) is 16.9. The highest BCUT2D eigenvalue weighted by Crippen LogP contribution is 2.45. The fourth-order valence-corrected chi connectivity index (χ4v) is 19.0. The number of fused-ring (bicyclic) bond motifs is 9. The number of thiophene rings is 3. The van der Waals surface area contributed by atoms with E-state index in [-0.39, 0.29) is 0 Å². The zero-order valence-electron chi connectivity index (χ0n) is 16.5. The molecule has 2 aliphatic rings. The van der Waals surface area contributed by atoms with Crippen LogP contribution in [-0.4, -0.2) is 16.1 Å². The molecule has 0 unspecified atom stereocenters. The van der Waals surface area contributed by atoms with Gasteiger partial charge in [0.1, 0.15) is 16.1 Å². The molecule has 0 aliphatic carbocycles. The minimum atomic E-state index is -1.62. The van der Waals surface area contributed by atoms with Gasteiger partial charge in [0.15, 0.2) is 0 Å². The summed E-state index contributed by atoms with van der Waals surface area (Å²) < 4.78 is 1.62. The van der Waals surface area contributed by atoms with Gasteiger partial charge in [0.2, 0.25) is 0 Å². The summed E-state index contributed by atoms with van der Waals surface area (Å²) in [5.41, 5.74) is 1.55. The van der Waals surface area contributed by atoms with Gasteiger partial charge in [0, 0.05) is 29.1 Å². The normalized spacial score (nSPS) is 17.9. The smallest absolute Gasteiger partial charge is 0.116 e. The Bertz CT molecular complexity index is 1300. The Morgan fingerprint density at radius 3 is 1.96 bits per heavy atom. The molecule has 0 fully saturated rings. The molecule has 2 aliphatic heterocycles. The first-order valence-corrected chi connectivity index (χ1v) is 18.0. The second-order valence-corrected chi connectivity index (χ2v) is 21.2. The number of benzene rings is 1. The Balaban J connectivity index is 1.74. The second-order valence-electron chi connectivity index (χ2n) is 9.12. The zero-order valence-corrected chi connectivity index (χ0v) is 21.0. The van der Waals surface area contributed by atoms with Crippen LogP contribution < -0.4 is 20.7 Å². The van der Waals surface area contributed by atoms with Crippen LogP contribution in [0.15, 0.2) is 24.3 Å². The van der Waals surface area contributed by atoms with E-state index in [1.165, 1.54) is 9.75 Å². The average Bonchev–Trinajstić information content (AvgIpc) is 3.32. The van der Waals surface area contributed by atoms with Gasteiger partial charge in [-0.15, -0.1) is 34.0 Å². The maximum Gasteiger partial charge on any atom is 0.116 e. The van der Waals surface area contributed by atoms with Crippen molar-refractivity contribution in [3.8, 4) is 20.2 Å². The van der Waals surface area contributed by atoms with Crippen molar-refractivity contribution in [1.29, 1.82) is 0 Å². The summed E-state index contributed by atoms with van der Waals surface area (Å²) in [4.78, 5) is 7.71. The van der Waals surface area contributed by atoms with E-state index in [9.17, 15) is 0 Å². The second kappa shape index (κ2) is 4.94. The summed E-state index contributed by atoms with van der Waals surface area (Å²) in [5, 5.41) is 8.38. The van der Waals surface area contributed by atoms with Gasteiger partial charge in [-0.3, -0.25) is 0 Å². The summed E-state index contributed by atoms with van der Waals surface area (Å²) >= 11 is 6.14. The number of hydrogen-bond donors (Lipinski definition) is 0. The van der Waals surface area contributed by atoms with Gasteiger partial charge in [0.25, 0.3) is 0 Å². The zero-order chi connectivity index (χ0) is 18.9. The van der Waals surface area contributed by atoms with Gasteiger partial charge in [0.05, 0.1) is 0 Å². The van der Waals surface area contributed by atoms with Gasteiger partial charge in [-0.2, -0.15) is 0 Å². The van der Waals surface area contributed by atoms with Crippen LogP contribution in [0, 0.1) is 13.8 Å². The van der Waals surface area contributed by atoms with Crippen LogP contribution in [0.5, 0.6) is 0 Å². The molecule has 6 rings (SSSR count). The summed E-state index contributed by atoms with van der Waals surface area (Å²) in [6.07, 6.45) is 0. The number of hydrogen-bond acceptors (Lipinski definition) is 3. The van der Waals surface area contributed by atoms with E-state index in [1.54, 1.807) is 51.0 Å². The lowest BCUT2D eigenvalue weighted by atomic mass is 10.1. The molecular formula is C22H22S3Si2. The Morgan fingerprint density at radius 2 is 1.26 bits per heavy atom. The van der Waals surface area contributed by atoms with Crippen LogP contribution in [0.1, 0.15) is 9.75 Å². The van der Waals surface area contributed by atoms with Gasteiger partial charge >= 0.3 is 0 Å². The third kappa shape index (κ3) is 1.88. The molecule has 1 aromatic carbocycles. The van der Waals surface area contributed by atoms with Crippen molar-refractivity contribution in [2.75, 3.05) is 0 Å². The molecule has 136 valence electrons. The van der Waals surface area contributed by atoms with Crippen molar-refractivity contribution in [2.45, 2.75) is 40.0 Å². The molecule has 0 nitrogen and oxygen atoms in total. The molecule has 4 aromatic rings. The fraction of sp³-hybridized carbons (Fsp3) is 0.273. The molecule has 0 spiro atoms. The van der Waals surface area contributed by atoms with E-state index in [1.807, 2.05) is 22.7 Å². The van der Waals surface area contributed by atoms with Crippen molar-refractivity contribution in [2.24, 2.45) is 0 Å². The molecule has 0 N–H and O–H groups in total. The van der Waals surface area contributed by atoms with E-state index in [0.717, 1.165) is 0 Å². The van der Waals surface area contributed by atoms with Gasteiger partial charge in [-0.05, 0) is 57.7 Å². The third-order valence-electron chi connectivity index (χ3n) is 6.62. The molecule has 5 heteroatoms. The monoisotopic (exact) mass is 438 g/mol. The molecular weight excluding hydrogens is 417 g/mol. The molecule has 27 heavy (non-hydrogen) atoms. The van der Waals surface area contributed by atoms with Crippen molar-refractivity contribution >= 4 is 81.0 Å². The summed E-state index contributed by atoms with van der Waals surface area (Å²) in [7, 11) is -3.20. The SMILES string of the molecule is Cc1cc2c(s1)-c1ccc3c4c(sc3c1[Si]2(C)C)-c1sc(C)cc1[Si]4(C)C. The van der Waals surface area contributed by atoms with Crippen molar-refractivity contribution in [1.82, 2.24) is 0 Å². The molecule has 0 saturated carbocycles. The number of rotatable bonds is 0. The van der Waals surface area contributed by atoms with Crippen molar-refractivity contribution in [3.63, 3.8) is 0 Å². The van der Waals surface area contributed by atoms with E-state index < -0.39 is 16.1 Å². The van der Waals surface area contributed by atoms with Crippen LogP contribution in [-0.2, 0) is 0 Å². The molecule has 0 radical (unpaired) electrons. The van der Waals surface area contributed by atoms with Crippen LogP contribution in [0.4, 0.5) is 0 Å². The molecule has 0 bridgehead atoms. The van der Waals surface area contributed by atoms with Gasteiger partial charge < -0.3 is 0 Å². The van der Waals surface area contributed by atoms with Crippen LogP contribution in [0.25, 0.3) is 30.3 Å². The van der Waals surface area contributed by atoms with E-state index in [2.05, 4.69) is 75.6 Å². The molecule has 0 amide bonds. The molecule has 0 atom stereocenters. The van der Waals surface area contributed by atoms with Gasteiger partial charge in [-0.25, -0.2) is 0 Å². The maximum atomic E-state index is 2.57. The Hall–Kier alpha value is -0.986. The summed E-state index contributed by atoms with van der Waals surface area (Å²) in [6, 6.07) is 9.90. The Labute approximate surface area is 174 Å². The predicted molar refractivity (Wildman–Crippen MR) is 131 cm³/mol. The molecule has 5 heterocycles. The lowest BCUT2D eigenvalue weighted by Crippen LogP contribution is -2.50. The summed E-state index contributed by atoms with van der Waals surface area (Å²) in [6.45, 7) is 14.8. The highest BCUT2D eigenvalue weighted by molar-refractivity contribution is 7.34. The minimum Gasteiger partial charge on any atom is -0.141 e. The highest BCUT2D eigenvalue weighted by Gasteiger charge is 2.45. The Kier molecular flexibility index (Phi) is 3.10. The van der Waals surface area contributed by atoms with E-state index in [4.69, 9.17) is 0 Å². The molecule has 0 saturated heterocycles. The van der Waals surface area contributed by atoms with Crippen molar-refractivity contribution in [3.05, 3.63) is 34.0 Å². The quantitative estimate of drug-likeness (QED) is 0.329. The lowest BCUT2D eigenvalue weighted by Gasteiger charge is -2.21. The maximum absolute atomic E-state index is 2.57. The largest absolute Gasteiger partial charge is 0.141 e. The highest BCUT2D eigenvalue weighted by atomic mass is 32.1. The van der Waals surface area contributed by atoms with E-state index in [0.29, 0.717) is 0 Å². The van der Waals surface area contributed by atoms with Crippen LogP contribution >= 0.6 is 34.0 Å². The van der Waals surface area contributed by atoms with Crippen LogP contribution in [0.3, 0.4) is 0 Å². The predicted octanol–water partition coefficient (Wildman–Crippen LogP) is 5.25. The third-order valence-corrected chi connectivity index (χ3v) is 17.9. The lowest BCUT2D eigenvalue weighted by molar-refractivity contribution is 1.65. The van der Waals surface area contributed by atoms with Gasteiger partial charge in [-0.1, -0.05) is 38.3 Å². The van der Waals surface area contributed by atoms with Crippen molar-refractivity contribution < 1.29 is 0 Å². The first-order valence-electron chi connectivity index (χ1n) is 9.54. The topological polar surface area (TPSA) is 0 Å². The average molecular weight is 439 g/mol. The first-order chi connectivity index (χ1) is 12.7. The fourth-order valence-electron chi connectivity index (χ4n) is 5.35.